The number of hydrogen-bond donors (Lipinski definition) is 1. The number of hydrogen-bond acceptors (Lipinski definition) is 4. The molecule has 1 saturated carbocycles. The fraction of sp³-hybridized carbons (Fsp3) is 0.457. The maximum Gasteiger partial charge on any atom is 0.261 e. The average Bonchev–Trinajstić information content (AvgIpc) is 3.35. The Bertz CT molecular complexity index is 1500. The van der Waals surface area contributed by atoms with E-state index >= 15 is 0 Å². The maximum atomic E-state index is 13.5. The summed E-state index contributed by atoms with van der Waals surface area (Å²) in [6, 6.07) is 20.7. The average molecular weight is 627 g/mol. The fourth-order valence-corrected chi connectivity index (χ4v) is 7.75. The quantitative estimate of drug-likeness (QED) is 0.239. The Labute approximate surface area is 258 Å². The van der Waals surface area contributed by atoms with Gasteiger partial charge < -0.3 is 5.32 Å². The van der Waals surface area contributed by atoms with E-state index in [0.29, 0.717) is 30.3 Å². The monoisotopic (exact) mass is 626 g/mol. The summed E-state index contributed by atoms with van der Waals surface area (Å²) in [5.41, 5.74) is 3.68. The Morgan fingerprint density at radius 1 is 0.932 bits per heavy atom. The van der Waals surface area contributed by atoms with E-state index in [1.54, 1.807) is 29.2 Å². The van der Waals surface area contributed by atoms with Crippen LogP contribution in [0.15, 0.2) is 77.7 Å². The third-order valence-electron chi connectivity index (χ3n) is 9.13. The largest absolute Gasteiger partial charge is 0.349 e. The zero-order valence-electron chi connectivity index (χ0n) is 25.2. The second-order valence-electron chi connectivity index (χ2n) is 12.5. The molecule has 1 aliphatic carbocycles. The molecular weight excluding hydrogens is 585 g/mol. The highest BCUT2D eigenvalue weighted by atomic mass is 32.2. The lowest BCUT2D eigenvalue weighted by Crippen LogP contribution is -2.34. The van der Waals surface area contributed by atoms with Gasteiger partial charge in [0.1, 0.15) is 5.82 Å². The summed E-state index contributed by atoms with van der Waals surface area (Å²) in [6.07, 6.45) is 4.69. The molecule has 1 heterocycles. The number of rotatable bonds is 11. The molecule has 236 valence electrons. The number of benzene rings is 3. The predicted molar refractivity (Wildman–Crippen MR) is 166 cm³/mol. The van der Waals surface area contributed by atoms with Gasteiger partial charge in [-0.05, 0) is 97.9 Å². The molecule has 3 aromatic carbocycles. The van der Waals surface area contributed by atoms with E-state index in [1.165, 1.54) is 12.1 Å². The van der Waals surface area contributed by atoms with E-state index in [9.17, 15) is 26.4 Å². The van der Waals surface area contributed by atoms with E-state index in [4.69, 9.17) is 0 Å². The van der Waals surface area contributed by atoms with E-state index < -0.39 is 15.8 Å². The molecular formula is C35H41F3N2O3S. The van der Waals surface area contributed by atoms with Crippen LogP contribution in [0.2, 0.25) is 0 Å². The van der Waals surface area contributed by atoms with Crippen LogP contribution >= 0.6 is 0 Å². The minimum absolute atomic E-state index is 0.0247. The molecule has 1 unspecified atom stereocenters. The zero-order chi connectivity index (χ0) is 31.3. The van der Waals surface area contributed by atoms with Gasteiger partial charge in [-0.25, -0.2) is 21.6 Å². The van der Waals surface area contributed by atoms with Gasteiger partial charge in [0.2, 0.25) is 5.91 Å². The number of halogens is 3. The lowest BCUT2D eigenvalue weighted by atomic mass is 9.79. The first-order chi connectivity index (χ1) is 21.0. The van der Waals surface area contributed by atoms with Crippen LogP contribution in [-0.4, -0.2) is 44.0 Å². The van der Waals surface area contributed by atoms with Gasteiger partial charge in [-0.2, -0.15) is 0 Å². The van der Waals surface area contributed by atoms with Gasteiger partial charge in [0, 0.05) is 25.4 Å². The normalized spacial score (nSPS) is 21.2. The number of carbonyl (C=O) groups excluding carboxylic acids is 1. The minimum Gasteiger partial charge on any atom is -0.349 e. The number of nitrogens with zero attached hydrogens (tertiary/aromatic N) is 1. The van der Waals surface area contributed by atoms with Crippen LogP contribution in [0.3, 0.4) is 0 Å². The van der Waals surface area contributed by atoms with Crippen molar-refractivity contribution >= 4 is 15.7 Å². The molecule has 0 aromatic heterocycles. The summed E-state index contributed by atoms with van der Waals surface area (Å²) < 4.78 is 66.2. The highest BCUT2D eigenvalue weighted by molar-refractivity contribution is 7.91. The van der Waals surface area contributed by atoms with Gasteiger partial charge >= 0.3 is 0 Å². The molecule has 5 nitrogen and oxygen atoms in total. The smallest absolute Gasteiger partial charge is 0.261 e. The van der Waals surface area contributed by atoms with E-state index in [2.05, 4.69) is 5.32 Å². The Morgan fingerprint density at radius 2 is 1.55 bits per heavy atom. The second kappa shape index (κ2) is 13.9. The van der Waals surface area contributed by atoms with Crippen LogP contribution in [-0.2, 0) is 21.2 Å². The molecule has 3 aromatic rings. The first-order valence-electron chi connectivity index (χ1n) is 15.6. The summed E-state index contributed by atoms with van der Waals surface area (Å²) in [4.78, 5) is 14.9. The van der Waals surface area contributed by atoms with Crippen LogP contribution in [0, 0.1) is 17.7 Å². The van der Waals surface area contributed by atoms with Gasteiger partial charge in [0.15, 0.2) is 9.84 Å². The Kier molecular flexibility index (Phi) is 10.2. The zero-order valence-corrected chi connectivity index (χ0v) is 26.0. The lowest BCUT2D eigenvalue weighted by molar-refractivity contribution is -0.126. The summed E-state index contributed by atoms with van der Waals surface area (Å²) >= 11 is 0. The van der Waals surface area contributed by atoms with Crippen LogP contribution in [0.25, 0.3) is 11.1 Å². The molecule has 0 radical (unpaired) electrons. The van der Waals surface area contributed by atoms with E-state index in [-0.39, 0.29) is 42.4 Å². The van der Waals surface area contributed by atoms with Crippen molar-refractivity contribution in [3.05, 3.63) is 89.7 Å². The number of likely N-dealkylation sites (tertiary alicyclic amines) is 1. The van der Waals surface area contributed by atoms with Gasteiger partial charge in [0.05, 0.1) is 23.2 Å². The first kappa shape index (κ1) is 32.2. The van der Waals surface area contributed by atoms with Crippen molar-refractivity contribution in [2.75, 3.05) is 18.8 Å². The summed E-state index contributed by atoms with van der Waals surface area (Å²) in [7, 11) is -3.41. The van der Waals surface area contributed by atoms with Crippen molar-refractivity contribution in [3.63, 3.8) is 0 Å². The van der Waals surface area contributed by atoms with Crippen LogP contribution < -0.4 is 5.32 Å². The van der Waals surface area contributed by atoms with Crippen LogP contribution in [0.4, 0.5) is 13.2 Å². The van der Waals surface area contributed by atoms with Gasteiger partial charge in [-0.15, -0.1) is 0 Å². The lowest BCUT2D eigenvalue weighted by Gasteiger charge is -2.28. The van der Waals surface area contributed by atoms with E-state index in [0.717, 1.165) is 54.4 Å². The number of nitrogens with one attached hydrogen (secondary N) is 1. The van der Waals surface area contributed by atoms with Crippen molar-refractivity contribution in [2.24, 2.45) is 11.8 Å². The van der Waals surface area contributed by atoms with Crippen molar-refractivity contribution in [1.29, 1.82) is 0 Å². The number of amides is 1. The van der Waals surface area contributed by atoms with Crippen LogP contribution in [0.5, 0.6) is 0 Å². The predicted octanol–water partition coefficient (Wildman–Crippen LogP) is 7.57. The maximum absolute atomic E-state index is 13.5. The first-order valence-corrected chi connectivity index (χ1v) is 17.2. The third kappa shape index (κ3) is 8.51. The molecule has 9 heteroatoms. The number of alkyl halides is 2. The number of carbonyl (C=O) groups is 1. The minimum atomic E-state index is -3.41. The van der Waals surface area contributed by atoms with Crippen LogP contribution in [0.1, 0.15) is 69.0 Å². The van der Waals surface area contributed by atoms with Gasteiger partial charge in [-0.1, -0.05) is 48.5 Å². The molecule has 5 rings (SSSR count). The summed E-state index contributed by atoms with van der Waals surface area (Å²) in [6.45, 7) is 2.57. The third-order valence-corrected chi connectivity index (χ3v) is 10.9. The number of sulfone groups is 1. The summed E-state index contributed by atoms with van der Waals surface area (Å²) in [5.74, 6) is -2.43. The van der Waals surface area contributed by atoms with Crippen molar-refractivity contribution in [3.8, 4) is 11.1 Å². The molecule has 1 amide bonds. The van der Waals surface area contributed by atoms with E-state index in [1.807, 2.05) is 43.3 Å². The molecule has 1 saturated heterocycles. The Morgan fingerprint density at radius 3 is 2.14 bits per heavy atom. The molecule has 0 bridgehead atoms. The SMILES string of the molecule is CC(NC(=O)C1CCC(CCCS(=O)(=O)c2ccc(-c3ccc(CN4CCC(F)(F)C4)cc3)cc2)CC1)c1ccc(F)cc1. The molecule has 0 spiro atoms. The molecule has 2 fully saturated rings. The molecule has 2 aliphatic rings. The van der Waals surface area contributed by atoms with Crippen molar-refractivity contribution < 1.29 is 26.4 Å². The standard InChI is InChI=1S/C35H41F3N2O3S/c1-25(28-12-16-32(36)17-13-28)39-34(41)31-10-4-26(5-11-31)3-2-22-44(42,43)33-18-14-30(15-19-33)29-8-6-27(7-9-29)23-40-21-20-35(37,38)24-40/h6-9,12-19,25-26,31H,2-5,10-11,20-24H2,1H3,(H,39,41). The Hall–Kier alpha value is -3.17. The van der Waals surface area contributed by atoms with Gasteiger partial charge in [0.25, 0.3) is 5.92 Å². The van der Waals surface area contributed by atoms with Gasteiger partial charge in [-0.3, -0.25) is 9.69 Å². The van der Waals surface area contributed by atoms with Crippen molar-refractivity contribution in [1.82, 2.24) is 10.2 Å². The molecule has 44 heavy (non-hydrogen) atoms. The topological polar surface area (TPSA) is 66.5 Å². The second-order valence-corrected chi connectivity index (χ2v) is 14.6. The Balaban J connectivity index is 1.04. The molecule has 1 aliphatic heterocycles. The summed E-state index contributed by atoms with van der Waals surface area (Å²) in [5, 5.41) is 3.05. The molecule has 1 atom stereocenters. The van der Waals surface area contributed by atoms with Crippen molar-refractivity contribution in [2.45, 2.75) is 75.3 Å². The highest BCUT2D eigenvalue weighted by Gasteiger charge is 2.37. The molecule has 1 N–H and O–H groups in total. The highest BCUT2D eigenvalue weighted by Crippen LogP contribution is 2.33. The fourth-order valence-electron chi connectivity index (χ4n) is 6.42.